The molecule has 2 rings (SSSR count). The molecule has 112 valence electrons. The summed E-state index contributed by atoms with van der Waals surface area (Å²) < 4.78 is 1.88. The highest BCUT2D eigenvalue weighted by atomic mass is 16.3. The summed E-state index contributed by atoms with van der Waals surface area (Å²) in [6.07, 6.45) is 5.37. The van der Waals surface area contributed by atoms with E-state index in [0.717, 1.165) is 5.82 Å². The van der Waals surface area contributed by atoms with Crippen LogP contribution in [-0.4, -0.2) is 44.2 Å². The maximum atomic E-state index is 12.4. The lowest BCUT2D eigenvalue weighted by molar-refractivity contribution is 0.0314. The fourth-order valence-electron chi connectivity index (χ4n) is 2.13. The molecule has 5 nitrogen and oxygen atoms in total. The van der Waals surface area contributed by atoms with Gasteiger partial charge in [0.25, 0.3) is 5.91 Å². The van der Waals surface area contributed by atoms with E-state index in [2.05, 4.69) is 4.98 Å². The zero-order valence-corrected chi connectivity index (χ0v) is 12.7. The second-order valence-electron chi connectivity index (χ2n) is 5.63. The van der Waals surface area contributed by atoms with Crippen LogP contribution in [0, 0.1) is 0 Å². The van der Waals surface area contributed by atoms with Crippen LogP contribution in [0.5, 0.6) is 0 Å². The number of likely N-dealkylation sites (N-methyl/N-ethyl adjacent to an activating group) is 1. The molecule has 0 unspecified atom stereocenters. The molecule has 0 saturated carbocycles. The standard InChI is InChI=1S/C16H21N3O2/c1-4-18(12-16(2,3)21)15(20)13-7-8-14(17-11-13)19-9-5-6-10-19/h5-11,21H,4,12H2,1-3H3. The van der Waals surface area contributed by atoms with Gasteiger partial charge in [0.2, 0.25) is 0 Å². The van der Waals surface area contributed by atoms with E-state index in [0.29, 0.717) is 18.7 Å². The number of hydrogen-bond donors (Lipinski definition) is 1. The number of aliphatic hydroxyl groups is 1. The highest BCUT2D eigenvalue weighted by Crippen LogP contribution is 2.11. The lowest BCUT2D eigenvalue weighted by Gasteiger charge is -2.28. The van der Waals surface area contributed by atoms with E-state index in [1.165, 1.54) is 0 Å². The Morgan fingerprint density at radius 3 is 2.48 bits per heavy atom. The maximum Gasteiger partial charge on any atom is 0.255 e. The quantitative estimate of drug-likeness (QED) is 0.916. The monoisotopic (exact) mass is 287 g/mol. The molecular weight excluding hydrogens is 266 g/mol. The van der Waals surface area contributed by atoms with Gasteiger partial charge < -0.3 is 14.6 Å². The van der Waals surface area contributed by atoms with E-state index in [4.69, 9.17) is 0 Å². The van der Waals surface area contributed by atoms with Crippen LogP contribution < -0.4 is 0 Å². The van der Waals surface area contributed by atoms with Crippen LogP contribution in [0.3, 0.4) is 0 Å². The fraction of sp³-hybridized carbons (Fsp3) is 0.375. The molecule has 21 heavy (non-hydrogen) atoms. The average molecular weight is 287 g/mol. The van der Waals surface area contributed by atoms with Gasteiger partial charge in [-0.3, -0.25) is 4.79 Å². The summed E-state index contributed by atoms with van der Waals surface area (Å²) in [5.74, 6) is 0.647. The molecule has 0 saturated heterocycles. The SMILES string of the molecule is CCN(CC(C)(C)O)C(=O)c1ccc(-n2cccc2)nc1. The summed E-state index contributed by atoms with van der Waals surface area (Å²) in [7, 11) is 0. The van der Waals surface area contributed by atoms with Crippen molar-refractivity contribution < 1.29 is 9.90 Å². The number of carbonyl (C=O) groups is 1. The largest absolute Gasteiger partial charge is 0.389 e. The van der Waals surface area contributed by atoms with E-state index >= 15 is 0 Å². The predicted molar refractivity (Wildman–Crippen MR) is 81.4 cm³/mol. The van der Waals surface area contributed by atoms with Gasteiger partial charge in [0.15, 0.2) is 0 Å². The van der Waals surface area contributed by atoms with Crippen molar-refractivity contribution in [2.24, 2.45) is 0 Å². The van der Waals surface area contributed by atoms with Gasteiger partial charge in [0.05, 0.1) is 11.2 Å². The Morgan fingerprint density at radius 2 is 2.00 bits per heavy atom. The van der Waals surface area contributed by atoms with Crippen LogP contribution in [0.25, 0.3) is 5.82 Å². The Bertz CT molecular complexity index is 583. The van der Waals surface area contributed by atoms with Crippen LogP contribution in [0.1, 0.15) is 31.1 Å². The number of pyridine rings is 1. The van der Waals surface area contributed by atoms with Crippen LogP contribution in [-0.2, 0) is 0 Å². The molecule has 2 heterocycles. The molecule has 1 amide bonds. The minimum Gasteiger partial charge on any atom is -0.389 e. The predicted octanol–water partition coefficient (Wildman–Crippen LogP) is 2.11. The molecule has 0 fully saturated rings. The molecule has 2 aromatic heterocycles. The van der Waals surface area contributed by atoms with Crippen molar-refractivity contribution in [1.82, 2.24) is 14.5 Å². The Labute approximate surface area is 124 Å². The Kier molecular flexibility index (Phi) is 4.43. The summed E-state index contributed by atoms with van der Waals surface area (Å²) >= 11 is 0. The summed E-state index contributed by atoms with van der Waals surface area (Å²) in [6, 6.07) is 7.41. The van der Waals surface area contributed by atoms with Gasteiger partial charge in [-0.25, -0.2) is 4.98 Å². The molecule has 0 bridgehead atoms. The van der Waals surface area contributed by atoms with Crippen molar-refractivity contribution in [3.8, 4) is 5.82 Å². The van der Waals surface area contributed by atoms with Gasteiger partial charge >= 0.3 is 0 Å². The zero-order valence-electron chi connectivity index (χ0n) is 12.7. The van der Waals surface area contributed by atoms with Crippen molar-refractivity contribution >= 4 is 5.91 Å². The van der Waals surface area contributed by atoms with Crippen LogP contribution in [0.15, 0.2) is 42.9 Å². The lowest BCUT2D eigenvalue weighted by Crippen LogP contribution is -2.42. The fourth-order valence-corrected chi connectivity index (χ4v) is 2.13. The van der Waals surface area contributed by atoms with E-state index in [1.807, 2.05) is 42.1 Å². The van der Waals surface area contributed by atoms with Crippen LogP contribution in [0.2, 0.25) is 0 Å². The molecule has 0 aliphatic heterocycles. The summed E-state index contributed by atoms with van der Waals surface area (Å²) in [5.41, 5.74) is -0.388. The number of aromatic nitrogens is 2. The average Bonchev–Trinajstić information content (AvgIpc) is 2.97. The Balaban J connectivity index is 2.15. The number of rotatable bonds is 5. The summed E-state index contributed by atoms with van der Waals surface area (Å²) in [6.45, 7) is 6.11. The van der Waals surface area contributed by atoms with Gasteiger partial charge in [0.1, 0.15) is 5.82 Å². The summed E-state index contributed by atoms with van der Waals surface area (Å²) in [4.78, 5) is 18.3. The molecule has 1 N–H and O–H groups in total. The Morgan fingerprint density at radius 1 is 1.33 bits per heavy atom. The van der Waals surface area contributed by atoms with Crippen molar-refractivity contribution in [3.05, 3.63) is 48.4 Å². The number of nitrogens with zero attached hydrogens (tertiary/aromatic N) is 3. The first-order valence-corrected chi connectivity index (χ1v) is 7.02. The third kappa shape index (κ3) is 3.92. The summed E-state index contributed by atoms with van der Waals surface area (Å²) in [5, 5.41) is 9.87. The van der Waals surface area contributed by atoms with Gasteiger partial charge in [-0.2, -0.15) is 0 Å². The zero-order chi connectivity index (χ0) is 15.5. The van der Waals surface area contributed by atoms with Crippen molar-refractivity contribution in [1.29, 1.82) is 0 Å². The maximum absolute atomic E-state index is 12.4. The molecule has 0 aliphatic rings. The molecule has 0 atom stereocenters. The number of hydrogen-bond acceptors (Lipinski definition) is 3. The van der Waals surface area contributed by atoms with Gasteiger partial charge in [-0.1, -0.05) is 0 Å². The molecule has 0 aliphatic carbocycles. The second-order valence-corrected chi connectivity index (χ2v) is 5.63. The minimum absolute atomic E-state index is 0.119. The van der Waals surface area contributed by atoms with Crippen molar-refractivity contribution in [2.45, 2.75) is 26.4 Å². The van der Waals surface area contributed by atoms with Gasteiger partial charge in [-0.05, 0) is 45.0 Å². The first kappa shape index (κ1) is 15.3. The molecule has 0 radical (unpaired) electrons. The normalized spacial score (nSPS) is 11.4. The molecule has 0 spiro atoms. The lowest BCUT2D eigenvalue weighted by atomic mass is 10.1. The third-order valence-corrected chi connectivity index (χ3v) is 3.11. The molecule has 2 aromatic rings. The minimum atomic E-state index is -0.913. The smallest absolute Gasteiger partial charge is 0.255 e. The highest BCUT2D eigenvalue weighted by molar-refractivity contribution is 5.94. The van der Waals surface area contributed by atoms with Crippen LogP contribution >= 0.6 is 0 Å². The van der Waals surface area contributed by atoms with Crippen LogP contribution in [0.4, 0.5) is 0 Å². The second kappa shape index (κ2) is 6.10. The van der Waals surface area contributed by atoms with Crippen molar-refractivity contribution in [3.63, 3.8) is 0 Å². The van der Waals surface area contributed by atoms with E-state index in [9.17, 15) is 9.90 Å². The van der Waals surface area contributed by atoms with Gasteiger partial charge in [-0.15, -0.1) is 0 Å². The molecule has 5 heteroatoms. The molecular formula is C16H21N3O2. The van der Waals surface area contributed by atoms with E-state index < -0.39 is 5.60 Å². The molecule has 0 aromatic carbocycles. The highest BCUT2D eigenvalue weighted by Gasteiger charge is 2.22. The van der Waals surface area contributed by atoms with E-state index in [-0.39, 0.29) is 5.91 Å². The number of carbonyl (C=O) groups excluding carboxylic acids is 1. The van der Waals surface area contributed by atoms with Gasteiger partial charge in [0, 0.05) is 31.7 Å². The number of amides is 1. The first-order chi connectivity index (χ1) is 9.90. The first-order valence-electron chi connectivity index (χ1n) is 7.02. The van der Waals surface area contributed by atoms with E-state index in [1.54, 1.807) is 31.0 Å². The third-order valence-electron chi connectivity index (χ3n) is 3.11. The van der Waals surface area contributed by atoms with Crippen molar-refractivity contribution in [2.75, 3.05) is 13.1 Å². The Hall–Kier alpha value is -2.14. The topological polar surface area (TPSA) is 58.4 Å².